The molecule has 21 heavy (non-hydrogen) atoms. The van der Waals surface area contributed by atoms with Crippen molar-refractivity contribution in [2.45, 2.75) is 19.0 Å². The minimum Gasteiger partial charge on any atom is -0.283 e. The normalized spacial score (nSPS) is 21.6. The van der Waals surface area contributed by atoms with Crippen molar-refractivity contribution in [2.75, 3.05) is 6.54 Å². The molecule has 0 bridgehead atoms. The highest BCUT2D eigenvalue weighted by Crippen LogP contribution is 2.40. The quantitative estimate of drug-likeness (QED) is 0.673. The number of allylic oxidation sites excluding steroid dienone is 3. The van der Waals surface area contributed by atoms with Gasteiger partial charge in [0.25, 0.3) is 0 Å². The fourth-order valence-corrected chi connectivity index (χ4v) is 4.48. The molecule has 1 aromatic carbocycles. The molecule has 0 N–H and O–H groups in total. The SMILES string of the molecule is FC1C=C2CCN=C(c3sc4ccccc4c3Cl)C2=CC1. The molecule has 1 atom stereocenters. The van der Waals surface area contributed by atoms with Crippen LogP contribution >= 0.6 is 22.9 Å². The summed E-state index contributed by atoms with van der Waals surface area (Å²) in [5.74, 6) is 0. The largest absolute Gasteiger partial charge is 0.283 e. The van der Waals surface area contributed by atoms with E-state index < -0.39 is 6.17 Å². The van der Waals surface area contributed by atoms with Crippen molar-refractivity contribution < 1.29 is 4.39 Å². The van der Waals surface area contributed by atoms with E-state index in [0.29, 0.717) is 13.0 Å². The molecule has 1 nitrogen and oxygen atoms in total. The lowest BCUT2D eigenvalue weighted by atomic mass is 9.88. The van der Waals surface area contributed by atoms with E-state index in [2.05, 4.69) is 11.1 Å². The van der Waals surface area contributed by atoms with E-state index in [-0.39, 0.29) is 0 Å². The summed E-state index contributed by atoms with van der Waals surface area (Å²) in [5, 5.41) is 1.83. The van der Waals surface area contributed by atoms with Gasteiger partial charge in [0.1, 0.15) is 6.17 Å². The number of fused-ring (bicyclic) bond motifs is 2. The molecule has 1 aliphatic carbocycles. The molecule has 0 fully saturated rings. The zero-order chi connectivity index (χ0) is 14.4. The molecular formula is C17H13ClFNS. The van der Waals surface area contributed by atoms with Crippen LogP contribution in [0.4, 0.5) is 4.39 Å². The van der Waals surface area contributed by atoms with Crippen molar-refractivity contribution in [1.82, 2.24) is 0 Å². The number of thiophene rings is 1. The first kappa shape index (κ1) is 13.2. The van der Waals surface area contributed by atoms with Crippen LogP contribution in [0.3, 0.4) is 0 Å². The molecule has 2 aromatic rings. The number of alkyl halides is 1. The van der Waals surface area contributed by atoms with Crippen molar-refractivity contribution in [1.29, 1.82) is 0 Å². The maximum absolute atomic E-state index is 13.5. The summed E-state index contributed by atoms with van der Waals surface area (Å²) in [6.45, 7) is 0.704. The van der Waals surface area contributed by atoms with Crippen LogP contribution in [0.2, 0.25) is 5.02 Å². The maximum Gasteiger partial charge on any atom is 0.122 e. The van der Waals surface area contributed by atoms with Gasteiger partial charge in [0.15, 0.2) is 0 Å². The summed E-state index contributed by atoms with van der Waals surface area (Å²) >= 11 is 8.22. The smallest absolute Gasteiger partial charge is 0.122 e. The minimum absolute atomic E-state index is 0.431. The Morgan fingerprint density at radius 2 is 2.14 bits per heavy atom. The first-order chi connectivity index (χ1) is 10.2. The van der Waals surface area contributed by atoms with E-state index in [1.54, 1.807) is 17.4 Å². The number of halogens is 2. The van der Waals surface area contributed by atoms with E-state index in [4.69, 9.17) is 11.6 Å². The molecule has 0 saturated carbocycles. The highest BCUT2D eigenvalue weighted by Gasteiger charge is 2.26. The Hall–Kier alpha value is -1.45. The molecular weight excluding hydrogens is 305 g/mol. The second kappa shape index (κ2) is 5.08. The molecule has 2 heterocycles. The van der Waals surface area contributed by atoms with Gasteiger partial charge >= 0.3 is 0 Å². The Labute approximate surface area is 131 Å². The Morgan fingerprint density at radius 3 is 3.00 bits per heavy atom. The first-order valence-corrected chi connectivity index (χ1v) is 8.21. The lowest BCUT2D eigenvalue weighted by Crippen LogP contribution is -2.18. The van der Waals surface area contributed by atoms with Crippen LogP contribution in [0.15, 0.2) is 52.6 Å². The first-order valence-electron chi connectivity index (χ1n) is 7.01. The van der Waals surface area contributed by atoms with Crippen LogP contribution in [0.1, 0.15) is 17.7 Å². The van der Waals surface area contributed by atoms with Crippen molar-refractivity contribution in [2.24, 2.45) is 4.99 Å². The molecule has 2 aliphatic rings. The Balaban J connectivity index is 1.87. The number of rotatable bonds is 1. The van der Waals surface area contributed by atoms with Crippen LogP contribution in [0.25, 0.3) is 10.1 Å². The summed E-state index contributed by atoms with van der Waals surface area (Å²) in [4.78, 5) is 5.68. The van der Waals surface area contributed by atoms with Gasteiger partial charge in [-0.2, -0.15) is 0 Å². The fraction of sp³-hybridized carbons (Fsp3) is 0.235. The minimum atomic E-state index is -0.860. The van der Waals surface area contributed by atoms with E-state index in [0.717, 1.165) is 43.3 Å². The summed E-state index contributed by atoms with van der Waals surface area (Å²) in [6.07, 6.45) is 4.10. The fourth-order valence-electron chi connectivity index (χ4n) is 2.94. The summed E-state index contributed by atoms with van der Waals surface area (Å²) in [5.41, 5.74) is 3.08. The van der Waals surface area contributed by atoms with Crippen LogP contribution in [0.5, 0.6) is 0 Å². The topological polar surface area (TPSA) is 12.4 Å². The van der Waals surface area contributed by atoms with Crippen molar-refractivity contribution in [3.05, 3.63) is 57.5 Å². The Morgan fingerprint density at radius 1 is 1.29 bits per heavy atom. The van der Waals surface area contributed by atoms with Gasteiger partial charge in [-0.3, -0.25) is 4.99 Å². The van der Waals surface area contributed by atoms with Gasteiger partial charge in [0.05, 0.1) is 15.6 Å². The van der Waals surface area contributed by atoms with Gasteiger partial charge in [0.2, 0.25) is 0 Å². The third-order valence-electron chi connectivity index (χ3n) is 3.93. The molecule has 0 saturated heterocycles. The number of aliphatic imine (C=N–C) groups is 1. The van der Waals surface area contributed by atoms with Crippen LogP contribution < -0.4 is 0 Å². The summed E-state index contributed by atoms with van der Waals surface area (Å²) < 4.78 is 14.7. The predicted octanol–water partition coefficient (Wildman–Crippen LogP) is 5.34. The molecule has 1 aromatic heterocycles. The molecule has 4 heteroatoms. The summed E-state index contributed by atoms with van der Waals surface area (Å²) in [7, 11) is 0. The number of hydrogen-bond acceptors (Lipinski definition) is 2. The van der Waals surface area contributed by atoms with Gasteiger partial charge in [-0.1, -0.05) is 35.9 Å². The predicted molar refractivity (Wildman–Crippen MR) is 88.5 cm³/mol. The Bertz CT molecular complexity index is 815. The van der Waals surface area contributed by atoms with Crippen LogP contribution in [-0.2, 0) is 0 Å². The van der Waals surface area contributed by atoms with E-state index >= 15 is 0 Å². The van der Waals surface area contributed by atoms with Crippen LogP contribution in [0, 0.1) is 0 Å². The number of nitrogens with zero attached hydrogens (tertiary/aromatic N) is 1. The third-order valence-corrected chi connectivity index (χ3v) is 5.61. The molecule has 0 radical (unpaired) electrons. The third kappa shape index (κ3) is 2.16. The molecule has 0 amide bonds. The molecule has 1 aliphatic heterocycles. The monoisotopic (exact) mass is 317 g/mol. The number of hydrogen-bond donors (Lipinski definition) is 0. The van der Waals surface area contributed by atoms with Gasteiger partial charge in [-0.05, 0) is 24.1 Å². The average molecular weight is 318 g/mol. The highest BCUT2D eigenvalue weighted by atomic mass is 35.5. The highest BCUT2D eigenvalue weighted by molar-refractivity contribution is 7.21. The van der Waals surface area contributed by atoms with Crippen molar-refractivity contribution >= 4 is 38.7 Å². The van der Waals surface area contributed by atoms with Crippen molar-refractivity contribution in [3.8, 4) is 0 Å². The maximum atomic E-state index is 13.5. The van der Waals surface area contributed by atoms with E-state index in [9.17, 15) is 4.39 Å². The van der Waals surface area contributed by atoms with Gasteiger partial charge < -0.3 is 0 Å². The van der Waals surface area contributed by atoms with Gasteiger partial charge in [0, 0.05) is 28.6 Å². The molecule has 0 spiro atoms. The van der Waals surface area contributed by atoms with E-state index in [1.165, 1.54) is 0 Å². The zero-order valence-electron chi connectivity index (χ0n) is 11.3. The Kier molecular flexibility index (Phi) is 3.20. The standard InChI is InChI=1S/C17H13ClFNS/c18-15-13-3-1-2-4-14(13)21-17(15)16-12-6-5-11(19)9-10(12)7-8-20-16/h1-4,6,9,11H,5,7-8H2. The van der Waals surface area contributed by atoms with Crippen molar-refractivity contribution in [3.63, 3.8) is 0 Å². The van der Waals surface area contributed by atoms with Gasteiger partial charge in [-0.25, -0.2) is 4.39 Å². The summed E-state index contributed by atoms with van der Waals surface area (Å²) in [6, 6.07) is 8.11. The zero-order valence-corrected chi connectivity index (χ0v) is 12.8. The second-order valence-electron chi connectivity index (χ2n) is 5.28. The second-order valence-corrected chi connectivity index (χ2v) is 6.71. The van der Waals surface area contributed by atoms with Gasteiger partial charge in [-0.15, -0.1) is 11.3 Å². The van der Waals surface area contributed by atoms with Crippen LogP contribution in [-0.4, -0.2) is 18.4 Å². The average Bonchev–Trinajstić information content (AvgIpc) is 2.84. The molecule has 1 unspecified atom stereocenters. The lowest BCUT2D eigenvalue weighted by molar-refractivity contribution is 0.398. The molecule has 4 rings (SSSR count). The molecule has 106 valence electrons. The van der Waals surface area contributed by atoms with E-state index in [1.807, 2.05) is 24.3 Å². The number of benzene rings is 1. The lowest BCUT2D eigenvalue weighted by Gasteiger charge is -2.23.